The summed E-state index contributed by atoms with van der Waals surface area (Å²) in [5, 5.41) is 3.30. The third-order valence-corrected chi connectivity index (χ3v) is 3.61. The third kappa shape index (κ3) is 3.18. The molecule has 1 aromatic heterocycles. The minimum Gasteiger partial charge on any atom is -0.317 e. The maximum Gasteiger partial charge on any atom is 0.307 e. The fourth-order valence-corrected chi connectivity index (χ4v) is 2.41. The van der Waals surface area contributed by atoms with Crippen LogP contribution in [-0.4, -0.2) is 17.7 Å². The predicted octanol–water partition coefficient (Wildman–Crippen LogP) is 1.77. The van der Waals surface area contributed by atoms with Crippen LogP contribution in [0.25, 0.3) is 0 Å². The topological polar surface area (TPSA) is 34.0 Å². The molecule has 1 unspecified atom stereocenters. The average molecular weight is 228 g/mol. The maximum atomic E-state index is 11.6. The number of nitrogens with zero attached hydrogens (tertiary/aromatic N) is 1. The molecule has 0 aliphatic rings. The fourth-order valence-electron chi connectivity index (χ4n) is 1.57. The lowest BCUT2D eigenvalue weighted by atomic mass is 10.2. The molecule has 0 saturated heterocycles. The van der Waals surface area contributed by atoms with Gasteiger partial charge in [-0.15, -0.1) is 0 Å². The molecule has 0 spiro atoms. The largest absolute Gasteiger partial charge is 0.317 e. The van der Waals surface area contributed by atoms with Crippen molar-refractivity contribution < 1.29 is 0 Å². The van der Waals surface area contributed by atoms with Crippen molar-refractivity contribution in [3.8, 4) is 0 Å². The molecule has 0 bridgehead atoms. The lowest BCUT2D eigenvalue weighted by Crippen LogP contribution is -2.27. The Morgan fingerprint density at radius 3 is 2.60 bits per heavy atom. The van der Waals surface area contributed by atoms with Crippen LogP contribution in [-0.2, 0) is 6.54 Å². The monoisotopic (exact) mass is 228 g/mol. The van der Waals surface area contributed by atoms with Crippen LogP contribution < -0.4 is 10.2 Å². The summed E-state index contributed by atoms with van der Waals surface area (Å²) in [6.45, 7) is 11.1. The molecule has 1 heterocycles. The lowest BCUT2D eigenvalue weighted by molar-refractivity contribution is 0.443. The van der Waals surface area contributed by atoms with E-state index in [1.165, 1.54) is 11.3 Å². The fraction of sp³-hybridized carbons (Fsp3) is 0.727. The number of aryl methyl sites for hydroxylation is 1. The predicted molar refractivity (Wildman–Crippen MR) is 65.8 cm³/mol. The van der Waals surface area contributed by atoms with Crippen molar-refractivity contribution >= 4 is 11.3 Å². The van der Waals surface area contributed by atoms with Crippen molar-refractivity contribution in [3.63, 3.8) is 0 Å². The standard InChI is InChI=1S/C11H20N2OS/c1-5-12-6-8(2)7-13-9(3)10(4)15-11(13)14/h8,12H,5-7H2,1-4H3. The van der Waals surface area contributed by atoms with E-state index in [9.17, 15) is 4.79 Å². The third-order valence-electron chi connectivity index (χ3n) is 2.61. The summed E-state index contributed by atoms with van der Waals surface area (Å²) in [4.78, 5) is 12.9. The Labute approximate surface area is 95.1 Å². The van der Waals surface area contributed by atoms with E-state index in [1.54, 1.807) is 0 Å². The Morgan fingerprint density at radius 2 is 2.13 bits per heavy atom. The van der Waals surface area contributed by atoms with Crippen LogP contribution in [0.5, 0.6) is 0 Å². The van der Waals surface area contributed by atoms with Gasteiger partial charge in [0.2, 0.25) is 0 Å². The zero-order valence-electron chi connectivity index (χ0n) is 9.96. The van der Waals surface area contributed by atoms with E-state index >= 15 is 0 Å². The van der Waals surface area contributed by atoms with Gasteiger partial charge in [0.1, 0.15) is 0 Å². The summed E-state index contributed by atoms with van der Waals surface area (Å²) in [5.41, 5.74) is 1.12. The summed E-state index contributed by atoms with van der Waals surface area (Å²) in [7, 11) is 0. The molecule has 3 nitrogen and oxygen atoms in total. The van der Waals surface area contributed by atoms with Gasteiger partial charge in [0, 0.05) is 17.1 Å². The molecule has 0 radical (unpaired) electrons. The molecule has 15 heavy (non-hydrogen) atoms. The molecular formula is C11H20N2OS. The van der Waals surface area contributed by atoms with E-state index in [1.807, 2.05) is 18.4 Å². The van der Waals surface area contributed by atoms with E-state index in [2.05, 4.69) is 19.2 Å². The van der Waals surface area contributed by atoms with E-state index < -0.39 is 0 Å². The van der Waals surface area contributed by atoms with Crippen LogP contribution in [0.2, 0.25) is 0 Å². The van der Waals surface area contributed by atoms with Gasteiger partial charge in [-0.2, -0.15) is 0 Å². The zero-order chi connectivity index (χ0) is 11.4. The second-order valence-electron chi connectivity index (χ2n) is 4.03. The van der Waals surface area contributed by atoms with E-state index in [-0.39, 0.29) is 4.87 Å². The molecule has 1 N–H and O–H groups in total. The molecule has 1 aromatic rings. The van der Waals surface area contributed by atoms with Gasteiger partial charge >= 0.3 is 4.87 Å². The Hall–Kier alpha value is -0.610. The van der Waals surface area contributed by atoms with Crippen LogP contribution in [0.15, 0.2) is 4.79 Å². The molecule has 4 heteroatoms. The number of hydrogen-bond donors (Lipinski definition) is 1. The summed E-state index contributed by atoms with van der Waals surface area (Å²) >= 11 is 1.35. The van der Waals surface area contributed by atoms with Crippen LogP contribution in [0.3, 0.4) is 0 Å². The Kier molecular flexibility index (Phi) is 4.54. The Balaban J connectivity index is 2.68. The van der Waals surface area contributed by atoms with Crippen molar-refractivity contribution in [2.24, 2.45) is 5.92 Å². The summed E-state index contributed by atoms with van der Waals surface area (Å²) in [6.07, 6.45) is 0. The van der Waals surface area contributed by atoms with Crippen molar-refractivity contribution in [2.45, 2.75) is 34.2 Å². The first-order valence-corrected chi connectivity index (χ1v) is 6.25. The average Bonchev–Trinajstić information content (AvgIpc) is 2.42. The second-order valence-corrected chi connectivity index (χ2v) is 5.20. The highest BCUT2D eigenvalue weighted by atomic mass is 32.1. The highest BCUT2D eigenvalue weighted by Crippen LogP contribution is 2.11. The summed E-state index contributed by atoms with van der Waals surface area (Å²) in [5.74, 6) is 0.496. The van der Waals surface area contributed by atoms with Gasteiger partial charge in [-0.3, -0.25) is 4.79 Å². The van der Waals surface area contributed by atoms with Gasteiger partial charge in [0.15, 0.2) is 0 Å². The molecule has 0 aliphatic carbocycles. The molecule has 1 atom stereocenters. The highest BCUT2D eigenvalue weighted by molar-refractivity contribution is 7.09. The van der Waals surface area contributed by atoms with Crippen molar-refractivity contribution in [3.05, 3.63) is 20.2 Å². The highest BCUT2D eigenvalue weighted by Gasteiger charge is 2.10. The molecule has 0 saturated carbocycles. The number of thiazole rings is 1. The Morgan fingerprint density at radius 1 is 1.47 bits per heavy atom. The van der Waals surface area contributed by atoms with Crippen molar-refractivity contribution in [1.29, 1.82) is 0 Å². The molecule has 0 fully saturated rings. The summed E-state index contributed by atoms with van der Waals surface area (Å²) < 4.78 is 1.89. The first kappa shape index (κ1) is 12.5. The second kappa shape index (κ2) is 5.47. The number of nitrogens with one attached hydrogen (secondary N) is 1. The zero-order valence-corrected chi connectivity index (χ0v) is 10.8. The van der Waals surface area contributed by atoms with E-state index in [0.717, 1.165) is 30.2 Å². The van der Waals surface area contributed by atoms with Crippen LogP contribution >= 0.6 is 11.3 Å². The van der Waals surface area contributed by atoms with Crippen LogP contribution in [0.1, 0.15) is 24.4 Å². The minimum atomic E-state index is 0.174. The first-order chi connectivity index (χ1) is 7.06. The van der Waals surface area contributed by atoms with Crippen LogP contribution in [0.4, 0.5) is 0 Å². The number of rotatable bonds is 5. The quantitative estimate of drug-likeness (QED) is 0.833. The molecule has 1 rings (SSSR count). The number of hydrogen-bond acceptors (Lipinski definition) is 3. The maximum absolute atomic E-state index is 11.6. The first-order valence-electron chi connectivity index (χ1n) is 5.43. The van der Waals surface area contributed by atoms with Gasteiger partial charge in [0.05, 0.1) is 0 Å². The minimum absolute atomic E-state index is 0.174. The van der Waals surface area contributed by atoms with E-state index in [0.29, 0.717) is 5.92 Å². The van der Waals surface area contributed by atoms with E-state index in [4.69, 9.17) is 0 Å². The lowest BCUT2D eigenvalue weighted by Gasteiger charge is -2.13. The number of aromatic nitrogens is 1. The Bertz CT molecular complexity index is 367. The van der Waals surface area contributed by atoms with Gasteiger partial charge in [-0.05, 0) is 32.9 Å². The summed E-state index contributed by atoms with van der Waals surface area (Å²) in [6, 6.07) is 0. The van der Waals surface area contributed by atoms with Crippen molar-refractivity contribution in [1.82, 2.24) is 9.88 Å². The van der Waals surface area contributed by atoms with Gasteiger partial charge < -0.3 is 9.88 Å². The molecular weight excluding hydrogens is 208 g/mol. The molecule has 0 aromatic carbocycles. The van der Waals surface area contributed by atoms with Crippen molar-refractivity contribution in [2.75, 3.05) is 13.1 Å². The van der Waals surface area contributed by atoms with Gasteiger partial charge in [-0.1, -0.05) is 25.2 Å². The molecule has 86 valence electrons. The normalized spacial score (nSPS) is 13.1. The van der Waals surface area contributed by atoms with Crippen LogP contribution in [0, 0.1) is 19.8 Å². The smallest absolute Gasteiger partial charge is 0.307 e. The van der Waals surface area contributed by atoms with Gasteiger partial charge in [0.25, 0.3) is 0 Å². The molecule has 0 aliphatic heterocycles. The molecule has 0 amide bonds. The SMILES string of the molecule is CCNCC(C)Cn1c(C)c(C)sc1=O. The van der Waals surface area contributed by atoms with Gasteiger partial charge in [-0.25, -0.2) is 0 Å².